The highest BCUT2D eigenvalue weighted by molar-refractivity contribution is 6.30. The van der Waals surface area contributed by atoms with E-state index >= 15 is 0 Å². The van der Waals surface area contributed by atoms with E-state index in [1.807, 2.05) is 0 Å². The van der Waals surface area contributed by atoms with Crippen molar-refractivity contribution in [3.63, 3.8) is 0 Å². The van der Waals surface area contributed by atoms with E-state index in [4.69, 9.17) is 16.7 Å². The molecule has 1 aromatic rings. The summed E-state index contributed by atoms with van der Waals surface area (Å²) in [6, 6.07) is 2.68. The minimum Gasteiger partial charge on any atom is -0.480 e. The molecule has 5 heteroatoms. The van der Waals surface area contributed by atoms with Gasteiger partial charge in [-0.3, -0.25) is 10.1 Å². The highest BCUT2D eigenvalue weighted by Crippen LogP contribution is 2.21. The lowest BCUT2D eigenvalue weighted by atomic mass is 10.1. The van der Waals surface area contributed by atoms with Gasteiger partial charge in [-0.05, 0) is 18.2 Å². The first kappa shape index (κ1) is 12.7. The number of carboxylic acid groups (broad SMARTS) is 1. The van der Waals surface area contributed by atoms with Crippen LogP contribution in [-0.4, -0.2) is 17.6 Å². The van der Waals surface area contributed by atoms with Gasteiger partial charge in [0, 0.05) is 17.1 Å². The Morgan fingerprint density at radius 1 is 1.69 bits per heavy atom. The van der Waals surface area contributed by atoms with Gasteiger partial charge in [0.25, 0.3) is 0 Å². The van der Waals surface area contributed by atoms with Crippen LogP contribution in [0.15, 0.2) is 30.9 Å². The predicted molar refractivity (Wildman–Crippen MR) is 60.0 cm³/mol. The zero-order valence-electron chi connectivity index (χ0n) is 8.41. The monoisotopic (exact) mass is 243 g/mol. The highest BCUT2D eigenvalue weighted by atomic mass is 35.5. The molecule has 0 aliphatic carbocycles. The van der Waals surface area contributed by atoms with Crippen LogP contribution in [0.5, 0.6) is 0 Å². The molecule has 16 heavy (non-hydrogen) atoms. The second-order valence-corrected chi connectivity index (χ2v) is 3.57. The predicted octanol–water partition coefficient (Wildman–Crippen LogP) is 2.38. The summed E-state index contributed by atoms with van der Waals surface area (Å²) in [6.45, 7) is 3.72. The van der Waals surface area contributed by atoms with Gasteiger partial charge in [-0.25, -0.2) is 4.39 Å². The SMILES string of the molecule is C=CCNC(C(=O)O)c1cc(Cl)ccc1F. The van der Waals surface area contributed by atoms with Crippen LogP contribution < -0.4 is 5.32 Å². The first-order valence-electron chi connectivity index (χ1n) is 4.58. The van der Waals surface area contributed by atoms with E-state index in [2.05, 4.69) is 11.9 Å². The van der Waals surface area contributed by atoms with Crippen molar-refractivity contribution in [3.8, 4) is 0 Å². The average molecular weight is 244 g/mol. The summed E-state index contributed by atoms with van der Waals surface area (Å²) >= 11 is 5.69. The Labute approximate surface area is 97.5 Å². The van der Waals surface area contributed by atoms with Crippen LogP contribution in [0.3, 0.4) is 0 Å². The van der Waals surface area contributed by atoms with E-state index in [-0.39, 0.29) is 12.1 Å². The van der Waals surface area contributed by atoms with E-state index in [1.165, 1.54) is 18.2 Å². The minimum atomic E-state index is -1.16. The number of carbonyl (C=O) groups is 1. The Balaban J connectivity index is 3.04. The summed E-state index contributed by atoms with van der Waals surface area (Å²) in [5.74, 6) is -1.77. The molecule has 0 aliphatic heterocycles. The molecule has 0 saturated heterocycles. The highest BCUT2D eigenvalue weighted by Gasteiger charge is 2.22. The molecule has 86 valence electrons. The molecule has 0 spiro atoms. The average Bonchev–Trinajstić information content (AvgIpc) is 2.23. The molecule has 1 aromatic carbocycles. The third-order valence-corrected chi connectivity index (χ3v) is 2.22. The zero-order chi connectivity index (χ0) is 12.1. The molecule has 0 aliphatic rings. The van der Waals surface area contributed by atoms with Gasteiger partial charge in [-0.1, -0.05) is 17.7 Å². The molecule has 1 rings (SSSR count). The maximum absolute atomic E-state index is 13.4. The molecule has 2 N–H and O–H groups in total. The number of halogens is 2. The van der Waals surface area contributed by atoms with Crippen LogP contribution >= 0.6 is 11.6 Å². The Bertz CT molecular complexity index is 409. The summed E-state index contributed by atoms with van der Waals surface area (Å²) in [6.07, 6.45) is 1.50. The summed E-state index contributed by atoms with van der Waals surface area (Å²) in [5, 5.41) is 11.9. The van der Waals surface area contributed by atoms with Crippen LogP contribution in [-0.2, 0) is 4.79 Å². The zero-order valence-corrected chi connectivity index (χ0v) is 9.17. The van der Waals surface area contributed by atoms with Gasteiger partial charge >= 0.3 is 5.97 Å². The van der Waals surface area contributed by atoms with Crippen LogP contribution in [0.4, 0.5) is 4.39 Å². The van der Waals surface area contributed by atoms with Crippen molar-refractivity contribution in [2.75, 3.05) is 6.54 Å². The van der Waals surface area contributed by atoms with Crippen molar-refractivity contribution in [1.82, 2.24) is 5.32 Å². The van der Waals surface area contributed by atoms with Gasteiger partial charge in [0.1, 0.15) is 11.9 Å². The van der Waals surface area contributed by atoms with Gasteiger partial charge in [0.05, 0.1) is 0 Å². The van der Waals surface area contributed by atoms with Gasteiger partial charge in [0.2, 0.25) is 0 Å². The molecular formula is C11H11ClFNO2. The van der Waals surface area contributed by atoms with Gasteiger partial charge < -0.3 is 5.11 Å². The molecule has 1 atom stereocenters. The largest absolute Gasteiger partial charge is 0.480 e. The second kappa shape index (κ2) is 5.63. The number of nitrogens with one attached hydrogen (secondary N) is 1. The lowest BCUT2D eigenvalue weighted by Gasteiger charge is -2.14. The van der Waals surface area contributed by atoms with Crippen molar-refractivity contribution >= 4 is 17.6 Å². The maximum Gasteiger partial charge on any atom is 0.325 e. The topological polar surface area (TPSA) is 49.3 Å². The minimum absolute atomic E-state index is 0.0156. The number of benzene rings is 1. The molecule has 3 nitrogen and oxygen atoms in total. The van der Waals surface area contributed by atoms with Crippen LogP contribution in [0.25, 0.3) is 0 Å². The lowest BCUT2D eigenvalue weighted by Crippen LogP contribution is -2.29. The van der Waals surface area contributed by atoms with Crippen LogP contribution in [0.2, 0.25) is 5.02 Å². The fourth-order valence-electron chi connectivity index (χ4n) is 1.27. The maximum atomic E-state index is 13.4. The van der Waals surface area contributed by atoms with Crippen molar-refractivity contribution in [2.24, 2.45) is 0 Å². The molecule has 0 fully saturated rings. The van der Waals surface area contributed by atoms with E-state index in [0.29, 0.717) is 5.02 Å². The first-order valence-corrected chi connectivity index (χ1v) is 4.96. The number of aliphatic carboxylic acids is 1. The fraction of sp³-hybridized carbons (Fsp3) is 0.182. The van der Waals surface area contributed by atoms with E-state index < -0.39 is 17.8 Å². The van der Waals surface area contributed by atoms with Crippen molar-refractivity contribution < 1.29 is 14.3 Å². The smallest absolute Gasteiger partial charge is 0.325 e. The quantitative estimate of drug-likeness (QED) is 0.781. The molecule has 0 aromatic heterocycles. The Kier molecular flexibility index (Phi) is 4.46. The molecule has 0 amide bonds. The molecule has 0 bridgehead atoms. The van der Waals surface area contributed by atoms with E-state index in [0.717, 1.165) is 6.07 Å². The Morgan fingerprint density at radius 2 is 2.38 bits per heavy atom. The fourth-order valence-corrected chi connectivity index (χ4v) is 1.45. The standard InChI is InChI=1S/C11H11ClFNO2/c1-2-5-14-10(11(15)16)8-6-7(12)3-4-9(8)13/h2-4,6,10,14H,1,5H2,(H,15,16). The number of carboxylic acids is 1. The summed E-state index contributed by atoms with van der Waals surface area (Å²) in [4.78, 5) is 11.0. The third-order valence-electron chi connectivity index (χ3n) is 1.98. The van der Waals surface area contributed by atoms with Crippen molar-refractivity contribution in [3.05, 3.63) is 47.3 Å². The Hall–Kier alpha value is -1.39. The molecule has 0 heterocycles. The first-order chi connectivity index (χ1) is 7.56. The van der Waals surface area contributed by atoms with Gasteiger partial charge in [-0.2, -0.15) is 0 Å². The van der Waals surface area contributed by atoms with E-state index in [9.17, 15) is 9.18 Å². The van der Waals surface area contributed by atoms with Crippen LogP contribution in [0, 0.1) is 5.82 Å². The normalized spacial score (nSPS) is 12.1. The summed E-state index contributed by atoms with van der Waals surface area (Å²) < 4.78 is 13.4. The Morgan fingerprint density at radius 3 is 2.94 bits per heavy atom. The molecular weight excluding hydrogens is 233 g/mol. The second-order valence-electron chi connectivity index (χ2n) is 3.13. The lowest BCUT2D eigenvalue weighted by molar-refractivity contribution is -0.139. The van der Waals surface area contributed by atoms with Gasteiger partial charge in [0.15, 0.2) is 0 Å². The molecule has 1 unspecified atom stereocenters. The van der Waals surface area contributed by atoms with Gasteiger partial charge in [-0.15, -0.1) is 6.58 Å². The summed E-state index contributed by atoms with van der Waals surface area (Å²) in [7, 11) is 0. The summed E-state index contributed by atoms with van der Waals surface area (Å²) in [5.41, 5.74) is 0.0156. The number of hydrogen-bond donors (Lipinski definition) is 2. The number of hydrogen-bond acceptors (Lipinski definition) is 2. The molecule has 0 saturated carbocycles. The van der Waals surface area contributed by atoms with Crippen molar-refractivity contribution in [1.29, 1.82) is 0 Å². The van der Waals surface area contributed by atoms with Crippen molar-refractivity contribution in [2.45, 2.75) is 6.04 Å². The van der Waals surface area contributed by atoms with E-state index in [1.54, 1.807) is 0 Å². The van der Waals surface area contributed by atoms with Crippen LogP contribution in [0.1, 0.15) is 11.6 Å². The molecule has 0 radical (unpaired) electrons. The number of rotatable bonds is 5. The third kappa shape index (κ3) is 3.05.